The summed E-state index contributed by atoms with van der Waals surface area (Å²) in [5.41, 5.74) is 5.77. The van der Waals surface area contributed by atoms with Crippen molar-refractivity contribution in [3.8, 4) is 0 Å². The molecular formula is C8H8N4O4. The number of carboxylic acids is 1. The number of nitrogens with two attached hydrogens (primary N) is 1. The topological polar surface area (TPSA) is 138 Å². The monoisotopic (exact) mass is 224 g/mol. The van der Waals surface area contributed by atoms with Crippen LogP contribution < -0.4 is 16.7 Å². The lowest BCUT2D eigenvalue weighted by molar-refractivity contribution is 0.0695. The van der Waals surface area contributed by atoms with E-state index in [1.165, 1.54) is 6.07 Å². The third-order valence-electron chi connectivity index (χ3n) is 1.54. The second-order valence-electron chi connectivity index (χ2n) is 2.70. The quantitative estimate of drug-likeness (QED) is 0.389. The maximum atomic E-state index is 11.2. The number of carboxylic acid groups (broad SMARTS) is 1. The van der Waals surface area contributed by atoms with Crippen LogP contribution in [0.15, 0.2) is 22.0 Å². The van der Waals surface area contributed by atoms with Crippen molar-refractivity contribution < 1.29 is 14.7 Å². The van der Waals surface area contributed by atoms with E-state index in [4.69, 9.17) is 10.8 Å². The molecule has 0 fully saturated rings. The molecule has 0 saturated heterocycles. The Morgan fingerprint density at radius 1 is 1.50 bits per heavy atom. The van der Waals surface area contributed by atoms with Gasteiger partial charge in [-0.2, -0.15) is 5.10 Å². The molecule has 0 unspecified atom stereocenters. The summed E-state index contributed by atoms with van der Waals surface area (Å²) in [4.78, 5) is 34.2. The van der Waals surface area contributed by atoms with Gasteiger partial charge < -0.3 is 15.8 Å². The van der Waals surface area contributed by atoms with E-state index in [1.54, 1.807) is 0 Å². The Hall–Kier alpha value is -2.64. The van der Waals surface area contributed by atoms with Crippen LogP contribution in [0.3, 0.4) is 0 Å². The Labute approximate surface area is 88.8 Å². The van der Waals surface area contributed by atoms with Crippen molar-refractivity contribution in [2.24, 2.45) is 10.8 Å². The first-order valence-corrected chi connectivity index (χ1v) is 4.06. The SMILES string of the molecule is NC(=O)N/N=C\c1ccc(C(=O)O)c(=O)[nH]1. The van der Waals surface area contributed by atoms with E-state index in [9.17, 15) is 14.4 Å². The highest BCUT2D eigenvalue weighted by Crippen LogP contribution is 1.92. The third kappa shape index (κ3) is 2.94. The summed E-state index contributed by atoms with van der Waals surface area (Å²) in [6, 6.07) is 1.62. The third-order valence-corrected chi connectivity index (χ3v) is 1.54. The van der Waals surface area contributed by atoms with Gasteiger partial charge >= 0.3 is 12.0 Å². The number of aromatic carboxylic acids is 1. The zero-order valence-corrected chi connectivity index (χ0v) is 7.93. The number of aromatic nitrogens is 1. The summed E-state index contributed by atoms with van der Waals surface area (Å²) in [5, 5.41) is 12.0. The van der Waals surface area contributed by atoms with Crippen molar-refractivity contribution >= 4 is 18.2 Å². The van der Waals surface area contributed by atoms with E-state index in [2.05, 4.69) is 10.1 Å². The molecule has 0 aliphatic carbocycles. The van der Waals surface area contributed by atoms with E-state index in [1.807, 2.05) is 5.43 Å². The number of hydrogen-bond donors (Lipinski definition) is 4. The standard InChI is InChI=1S/C8H8N4O4/c9-8(16)12-10-3-4-1-2-5(7(14)15)6(13)11-4/h1-3H,(H,11,13)(H,14,15)(H3,9,12,16)/b10-3-. The van der Waals surface area contributed by atoms with Crippen molar-refractivity contribution in [1.82, 2.24) is 10.4 Å². The number of primary amides is 1. The first kappa shape index (κ1) is 11.4. The number of aromatic amines is 1. The Morgan fingerprint density at radius 2 is 2.19 bits per heavy atom. The predicted octanol–water partition coefficient (Wildman–Crippen LogP) is -0.925. The van der Waals surface area contributed by atoms with Gasteiger partial charge in [-0.05, 0) is 12.1 Å². The van der Waals surface area contributed by atoms with Gasteiger partial charge in [-0.1, -0.05) is 0 Å². The highest BCUT2D eigenvalue weighted by atomic mass is 16.4. The summed E-state index contributed by atoms with van der Waals surface area (Å²) in [5.74, 6) is -1.32. The summed E-state index contributed by atoms with van der Waals surface area (Å²) in [6.07, 6.45) is 1.12. The number of urea groups is 1. The predicted molar refractivity (Wildman–Crippen MR) is 54.3 cm³/mol. The molecule has 0 aliphatic rings. The Morgan fingerprint density at radius 3 is 2.69 bits per heavy atom. The number of rotatable bonds is 3. The molecule has 8 nitrogen and oxygen atoms in total. The number of pyridine rings is 1. The minimum absolute atomic E-state index is 0.240. The average Bonchev–Trinajstić information content (AvgIpc) is 2.16. The van der Waals surface area contributed by atoms with Crippen molar-refractivity contribution in [3.63, 3.8) is 0 Å². The zero-order chi connectivity index (χ0) is 12.1. The molecule has 0 aromatic carbocycles. The van der Waals surface area contributed by atoms with Gasteiger partial charge in [-0.25, -0.2) is 15.0 Å². The molecule has 1 heterocycles. The van der Waals surface area contributed by atoms with Crippen LogP contribution >= 0.6 is 0 Å². The molecule has 0 spiro atoms. The van der Waals surface area contributed by atoms with Crippen LogP contribution in [0.25, 0.3) is 0 Å². The second-order valence-corrected chi connectivity index (χ2v) is 2.70. The summed E-state index contributed by atoms with van der Waals surface area (Å²) < 4.78 is 0. The molecule has 0 aliphatic heterocycles. The molecule has 2 amide bonds. The van der Waals surface area contributed by atoms with Crippen molar-refractivity contribution in [2.45, 2.75) is 0 Å². The molecule has 0 radical (unpaired) electrons. The molecule has 1 aromatic heterocycles. The molecule has 16 heavy (non-hydrogen) atoms. The van der Waals surface area contributed by atoms with E-state index < -0.39 is 17.6 Å². The van der Waals surface area contributed by atoms with Crippen LogP contribution in [0.5, 0.6) is 0 Å². The number of carbonyl (C=O) groups is 2. The largest absolute Gasteiger partial charge is 0.477 e. The number of H-pyrrole nitrogens is 1. The molecule has 0 bridgehead atoms. The Balaban J connectivity index is 2.90. The summed E-state index contributed by atoms with van der Waals surface area (Å²) in [6.45, 7) is 0. The maximum Gasteiger partial charge on any atom is 0.341 e. The van der Waals surface area contributed by atoms with E-state index in [-0.39, 0.29) is 11.3 Å². The van der Waals surface area contributed by atoms with Crippen molar-refractivity contribution in [1.29, 1.82) is 0 Å². The second kappa shape index (κ2) is 4.73. The van der Waals surface area contributed by atoms with Gasteiger partial charge in [-0.15, -0.1) is 0 Å². The lowest BCUT2D eigenvalue weighted by Crippen LogP contribution is -2.24. The van der Waals surface area contributed by atoms with E-state index >= 15 is 0 Å². The fraction of sp³-hybridized carbons (Fsp3) is 0. The van der Waals surface area contributed by atoms with Gasteiger partial charge in [-0.3, -0.25) is 4.79 Å². The molecule has 0 saturated carbocycles. The normalized spacial score (nSPS) is 10.2. The molecule has 5 N–H and O–H groups in total. The number of nitrogens with zero attached hydrogens (tertiary/aromatic N) is 1. The lowest BCUT2D eigenvalue weighted by atomic mass is 10.2. The Bertz CT molecular complexity index is 505. The average molecular weight is 224 g/mol. The van der Waals surface area contributed by atoms with Gasteiger partial charge in [0.05, 0.1) is 11.9 Å². The zero-order valence-electron chi connectivity index (χ0n) is 7.93. The van der Waals surface area contributed by atoms with Gasteiger partial charge in [0.25, 0.3) is 5.56 Å². The van der Waals surface area contributed by atoms with Gasteiger partial charge in [0.2, 0.25) is 0 Å². The highest BCUT2D eigenvalue weighted by Gasteiger charge is 2.07. The van der Waals surface area contributed by atoms with Crippen LogP contribution in [0.1, 0.15) is 16.1 Å². The van der Waals surface area contributed by atoms with E-state index in [0.29, 0.717) is 0 Å². The number of hydrogen-bond acceptors (Lipinski definition) is 4. The number of carbonyl (C=O) groups excluding carboxylic acids is 1. The highest BCUT2D eigenvalue weighted by molar-refractivity contribution is 5.88. The van der Waals surface area contributed by atoms with Crippen molar-refractivity contribution in [2.75, 3.05) is 0 Å². The van der Waals surface area contributed by atoms with Crippen LogP contribution in [0.2, 0.25) is 0 Å². The Kier molecular flexibility index (Phi) is 3.38. The molecule has 1 aromatic rings. The number of nitrogens with one attached hydrogen (secondary N) is 2. The smallest absolute Gasteiger partial charge is 0.341 e. The summed E-state index contributed by atoms with van der Waals surface area (Å²) in [7, 11) is 0. The maximum absolute atomic E-state index is 11.2. The van der Waals surface area contributed by atoms with Crippen LogP contribution in [0.4, 0.5) is 4.79 Å². The summed E-state index contributed by atoms with van der Waals surface area (Å²) >= 11 is 0. The number of hydrazone groups is 1. The van der Waals surface area contributed by atoms with Crippen LogP contribution in [-0.2, 0) is 0 Å². The minimum atomic E-state index is -1.32. The molecular weight excluding hydrogens is 216 g/mol. The fourth-order valence-electron chi connectivity index (χ4n) is 0.898. The first-order chi connectivity index (χ1) is 7.50. The molecule has 1 rings (SSSR count). The minimum Gasteiger partial charge on any atom is -0.477 e. The van der Waals surface area contributed by atoms with Gasteiger partial charge in [0.15, 0.2) is 0 Å². The van der Waals surface area contributed by atoms with Gasteiger partial charge in [0, 0.05) is 0 Å². The van der Waals surface area contributed by atoms with Crippen molar-refractivity contribution in [3.05, 3.63) is 33.7 Å². The van der Waals surface area contributed by atoms with E-state index in [0.717, 1.165) is 12.3 Å². The number of amides is 2. The molecule has 8 heteroatoms. The van der Waals surface area contributed by atoms with Gasteiger partial charge in [0.1, 0.15) is 5.56 Å². The van der Waals surface area contributed by atoms with Crippen LogP contribution in [-0.4, -0.2) is 28.3 Å². The molecule has 0 atom stereocenters. The lowest BCUT2D eigenvalue weighted by Gasteiger charge is -1.95. The first-order valence-electron chi connectivity index (χ1n) is 4.06. The van der Waals surface area contributed by atoms with Crippen LogP contribution in [0, 0.1) is 0 Å². The molecule has 84 valence electrons. The fourth-order valence-corrected chi connectivity index (χ4v) is 0.898.